The summed E-state index contributed by atoms with van der Waals surface area (Å²) in [6.07, 6.45) is 1.47. The molecule has 1 N–H and O–H groups in total. The van der Waals surface area contributed by atoms with Crippen molar-refractivity contribution in [1.29, 1.82) is 0 Å². The molecule has 0 spiro atoms. The van der Waals surface area contributed by atoms with Gasteiger partial charge in [-0.15, -0.1) is 0 Å². The first-order valence-corrected chi connectivity index (χ1v) is 9.20. The van der Waals surface area contributed by atoms with E-state index in [1.54, 1.807) is 19.1 Å². The van der Waals surface area contributed by atoms with Crippen molar-refractivity contribution in [2.45, 2.75) is 40.0 Å². The minimum Gasteiger partial charge on any atom is -0.493 e. The van der Waals surface area contributed by atoms with E-state index in [0.29, 0.717) is 50.4 Å². The Morgan fingerprint density at radius 1 is 1.08 bits per heavy atom. The molecule has 0 aliphatic carbocycles. The fourth-order valence-corrected chi connectivity index (χ4v) is 2.85. The molecule has 0 bridgehead atoms. The van der Waals surface area contributed by atoms with Gasteiger partial charge in [-0.2, -0.15) is 0 Å². The van der Waals surface area contributed by atoms with Crippen LogP contribution in [0.25, 0.3) is 0 Å². The predicted octanol–water partition coefficient (Wildman–Crippen LogP) is 2.65. The SMILES string of the molecule is CCN(CC)C(=O)C[C@H](C)CC(=O)NCCc1ccc(OC)c(OC)c1. The molecule has 0 saturated carbocycles. The molecule has 6 nitrogen and oxygen atoms in total. The molecule has 0 saturated heterocycles. The number of carbonyl (C=O) groups is 2. The Bertz CT molecular complexity index is 585. The number of hydrogen-bond acceptors (Lipinski definition) is 4. The van der Waals surface area contributed by atoms with E-state index in [9.17, 15) is 9.59 Å². The molecule has 146 valence electrons. The highest BCUT2D eigenvalue weighted by Crippen LogP contribution is 2.27. The second-order valence-corrected chi connectivity index (χ2v) is 6.37. The van der Waals surface area contributed by atoms with Gasteiger partial charge >= 0.3 is 0 Å². The Kier molecular flexibility index (Phi) is 9.55. The van der Waals surface area contributed by atoms with E-state index in [0.717, 1.165) is 5.56 Å². The number of ether oxygens (including phenoxy) is 2. The van der Waals surface area contributed by atoms with Gasteiger partial charge in [0.2, 0.25) is 11.8 Å². The molecule has 0 radical (unpaired) electrons. The van der Waals surface area contributed by atoms with Crippen molar-refractivity contribution in [1.82, 2.24) is 10.2 Å². The summed E-state index contributed by atoms with van der Waals surface area (Å²) in [7, 11) is 3.20. The molecule has 0 heterocycles. The average molecular weight is 364 g/mol. The lowest BCUT2D eigenvalue weighted by atomic mass is 10.0. The fraction of sp³-hybridized carbons (Fsp3) is 0.600. The second-order valence-electron chi connectivity index (χ2n) is 6.37. The van der Waals surface area contributed by atoms with Crippen LogP contribution in [0.15, 0.2) is 18.2 Å². The van der Waals surface area contributed by atoms with Crippen LogP contribution >= 0.6 is 0 Å². The van der Waals surface area contributed by atoms with Crippen LogP contribution in [0, 0.1) is 5.92 Å². The van der Waals surface area contributed by atoms with E-state index in [4.69, 9.17) is 9.47 Å². The Hall–Kier alpha value is -2.24. The van der Waals surface area contributed by atoms with Crippen molar-refractivity contribution < 1.29 is 19.1 Å². The third kappa shape index (κ3) is 6.94. The average Bonchev–Trinajstić information content (AvgIpc) is 2.62. The zero-order valence-electron chi connectivity index (χ0n) is 16.6. The van der Waals surface area contributed by atoms with Crippen molar-refractivity contribution in [2.24, 2.45) is 5.92 Å². The van der Waals surface area contributed by atoms with E-state index < -0.39 is 0 Å². The number of amides is 2. The van der Waals surface area contributed by atoms with Gasteiger partial charge in [0, 0.05) is 32.5 Å². The summed E-state index contributed by atoms with van der Waals surface area (Å²) >= 11 is 0. The van der Waals surface area contributed by atoms with Gasteiger partial charge < -0.3 is 19.7 Å². The monoisotopic (exact) mass is 364 g/mol. The summed E-state index contributed by atoms with van der Waals surface area (Å²) in [5, 5.41) is 2.92. The lowest BCUT2D eigenvalue weighted by Gasteiger charge is -2.20. The van der Waals surface area contributed by atoms with E-state index in [2.05, 4.69) is 5.32 Å². The van der Waals surface area contributed by atoms with Crippen molar-refractivity contribution in [3.8, 4) is 11.5 Å². The van der Waals surface area contributed by atoms with Crippen LogP contribution in [0.1, 0.15) is 39.2 Å². The maximum Gasteiger partial charge on any atom is 0.222 e. The van der Waals surface area contributed by atoms with Crippen LogP contribution in [0.3, 0.4) is 0 Å². The molecule has 0 aliphatic heterocycles. The van der Waals surface area contributed by atoms with Gasteiger partial charge in [0.25, 0.3) is 0 Å². The molecule has 0 aromatic heterocycles. The summed E-state index contributed by atoms with van der Waals surface area (Å²) < 4.78 is 10.5. The zero-order valence-corrected chi connectivity index (χ0v) is 16.6. The molecule has 6 heteroatoms. The van der Waals surface area contributed by atoms with E-state index >= 15 is 0 Å². The first-order valence-electron chi connectivity index (χ1n) is 9.20. The first-order chi connectivity index (χ1) is 12.4. The Labute approximate surface area is 156 Å². The van der Waals surface area contributed by atoms with Gasteiger partial charge in [0.15, 0.2) is 11.5 Å². The lowest BCUT2D eigenvalue weighted by molar-refractivity contribution is -0.132. The molecule has 0 unspecified atom stereocenters. The summed E-state index contributed by atoms with van der Waals surface area (Å²) in [6.45, 7) is 7.83. The zero-order chi connectivity index (χ0) is 19.5. The van der Waals surface area contributed by atoms with Gasteiger partial charge in [0.1, 0.15) is 0 Å². The second kappa shape index (κ2) is 11.4. The summed E-state index contributed by atoms with van der Waals surface area (Å²) in [5.74, 6) is 1.49. The van der Waals surface area contributed by atoms with Crippen LogP contribution in [-0.2, 0) is 16.0 Å². The largest absolute Gasteiger partial charge is 0.493 e. The quantitative estimate of drug-likeness (QED) is 0.655. The van der Waals surface area contributed by atoms with Gasteiger partial charge in [-0.25, -0.2) is 0 Å². The lowest BCUT2D eigenvalue weighted by Crippen LogP contribution is -2.33. The van der Waals surface area contributed by atoms with Gasteiger partial charge in [-0.05, 0) is 43.9 Å². The number of methoxy groups -OCH3 is 2. The van der Waals surface area contributed by atoms with Crippen LogP contribution in [0.2, 0.25) is 0 Å². The smallest absolute Gasteiger partial charge is 0.222 e. The third-order valence-electron chi connectivity index (χ3n) is 4.36. The standard InChI is InChI=1S/C20H32N2O4/c1-6-22(7-2)20(24)13-15(3)12-19(23)21-11-10-16-8-9-17(25-4)18(14-16)26-5/h8-9,14-15H,6-7,10-13H2,1-5H3,(H,21,23)/t15-/m1/s1. The van der Waals surface area contributed by atoms with Gasteiger partial charge in [-0.1, -0.05) is 13.0 Å². The van der Waals surface area contributed by atoms with Crippen molar-refractivity contribution in [3.05, 3.63) is 23.8 Å². The highest BCUT2D eigenvalue weighted by atomic mass is 16.5. The minimum absolute atomic E-state index is 0.0228. The molecule has 26 heavy (non-hydrogen) atoms. The van der Waals surface area contributed by atoms with Crippen LogP contribution < -0.4 is 14.8 Å². The molecule has 1 atom stereocenters. The summed E-state index contributed by atoms with van der Waals surface area (Å²) in [5.41, 5.74) is 1.06. The Balaban J connectivity index is 2.39. The van der Waals surface area contributed by atoms with E-state index in [1.165, 1.54) is 0 Å². The maximum atomic E-state index is 12.1. The molecule has 2 amide bonds. The number of carbonyl (C=O) groups excluding carboxylic acids is 2. The van der Waals surface area contributed by atoms with Crippen LogP contribution in [0.5, 0.6) is 11.5 Å². The molecule has 1 rings (SSSR count). The van der Waals surface area contributed by atoms with Crippen LogP contribution in [0.4, 0.5) is 0 Å². The predicted molar refractivity (Wildman–Crippen MR) is 103 cm³/mol. The summed E-state index contributed by atoms with van der Waals surface area (Å²) in [6, 6.07) is 5.73. The number of benzene rings is 1. The topological polar surface area (TPSA) is 67.9 Å². The Morgan fingerprint density at radius 2 is 1.73 bits per heavy atom. The molecule has 1 aromatic carbocycles. The fourth-order valence-electron chi connectivity index (χ4n) is 2.85. The number of nitrogens with zero attached hydrogens (tertiary/aromatic N) is 1. The van der Waals surface area contributed by atoms with Gasteiger partial charge in [0.05, 0.1) is 14.2 Å². The highest BCUT2D eigenvalue weighted by molar-refractivity contribution is 5.79. The number of rotatable bonds is 11. The molecular formula is C20H32N2O4. The van der Waals surface area contributed by atoms with E-state index in [-0.39, 0.29) is 17.7 Å². The molecule has 0 fully saturated rings. The van der Waals surface area contributed by atoms with Gasteiger partial charge in [-0.3, -0.25) is 9.59 Å². The van der Waals surface area contributed by atoms with Crippen molar-refractivity contribution >= 4 is 11.8 Å². The van der Waals surface area contributed by atoms with Crippen molar-refractivity contribution in [3.63, 3.8) is 0 Å². The molecule has 0 aliphatic rings. The molecule has 1 aromatic rings. The van der Waals surface area contributed by atoms with E-state index in [1.807, 2.05) is 39.0 Å². The van der Waals surface area contributed by atoms with Crippen molar-refractivity contribution in [2.75, 3.05) is 33.9 Å². The number of nitrogens with one attached hydrogen (secondary N) is 1. The molecular weight excluding hydrogens is 332 g/mol. The Morgan fingerprint density at radius 3 is 2.31 bits per heavy atom. The summed E-state index contributed by atoms with van der Waals surface area (Å²) in [4.78, 5) is 26.0. The normalized spacial score (nSPS) is 11.6. The first kappa shape index (κ1) is 21.8. The minimum atomic E-state index is -0.0228. The maximum absolute atomic E-state index is 12.1. The number of hydrogen-bond donors (Lipinski definition) is 1. The third-order valence-corrected chi connectivity index (χ3v) is 4.36. The van der Waals surface area contributed by atoms with Crippen LogP contribution in [-0.4, -0.2) is 50.6 Å². The highest BCUT2D eigenvalue weighted by Gasteiger charge is 2.16.